The summed E-state index contributed by atoms with van der Waals surface area (Å²) in [5.74, 6) is -1.45. The maximum absolute atomic E-state index is 12.8. The van der Waals surface area contributed by atoms with Crippen LogP contribution in [0.1, 0.15) is 40.9 Å². The number of urea groups is 1. The summed E-state index contributed by atoms with van der Waals surface area (Å²) >= 11 is 0. The average molecular weight is 409 g/mol. The summed E-state index contributed by atoms with van der Waals surface area (Å²) in [5.41, 5.74) is 2.42. The molecule has 156 valence electrons. The number of carbonyl (C=O) groups excluding carboxylic acids is 2. The summed E-state index contributed by atoms with van der Waals surface area (Å²) in [4.78, 5) is 46.5. The third-order valence-corrected chi connectivity index (χ3v) is 5.57. The number of hydrogen-bond donors (Lipinski definition) is 3. The van der Waals surface area contributed by atoms with Gasteiger partial charge in [-0.15, -0.1) is 0 Å². The Bertz CT molecular complexity index is 954. The maximum atomic E-state index is 12.8. The van der Waals surface area contributed by atoms with Crippen LogP contribution in [0.25, 0.3) is 0 Å². The molecule has 0 saturated carbocycles. The predicted molar refractivity (Wildman–Crippen MR) is 108 cm³/mol. The Morgan fingerprint density at radius 3 is 2.43 bits per heavy atom. The molecule has 2 aliphatic rings. The van der Waals surface area contributed by atoms with E-state index in [0.29, 0.717) is 13.0 Å². The van der Waals surface area contributed by atoms with Crippen molar-refractivity contribution in [3.05, 3.63) is 53.5 Å². The molecule has 1 saturated heterocycles. The lowest BCUT2D eigenvalue weighted by atomic mass is 10.0. The number of aromatic nitrogens is 2. The third kappa shape index (κ3) is 4.10. The molecule has 30 heavy (non-hydrogen) atoms. The van der Waals surface area contributed by atoms with Crippen LogP contribution in [0.15, 0.2) is 36.7 Å². The maximum Gasteiger partial charge on any atom is 0.326 e. The first-order valence-electron chi connectivity index (χ1n) is 10.0. The fourth-order valence-corrected chi connectivity index (χ4v) is 4.11. The number of fused-ring (bicyclic) bond motifs is 1. The quantitative estimate of drug-likeness (QED) is 0.708. The van der Waals surface area contributed by atoms with Crippen molar-refractivity contribution in [2.24, 2.45) is 0 Å². The fourth-order valence-electron chi connectivity index (χ4n) is 4.11. The number of aliphatic carboxylic acids is 1. The molecule has 2 heterocycles. The van der Waals surface area contributed by atoms with Gasteiger partial charge in [-0.1, -0.05) is 24.3 Å². The molecule has 4 rings (SSSR count). The van der Waals surface area contributed by atoms with Crippen LogP contribution in [-0.2, 0) is 17.6 Å². The van der Waals surface area contributed by atoms with Gasteiger partial charge in [-0.2, -0.15) is 0 Å². The number of carbonyl (C=O) groups is 3. The molecular weight excluding hydrogens is 386 g/mol. The standard InChI is InChI=1S/C21H23N5O4/c27-19(24-15-11-13-5-1-2-6-14(13)12-15)17-18(23-9-8-22-17)25-21(30)26-10-4-3-7-16(26)20(28)29/h1-2,5-6,8-9,15-16H,3-4,7,10-12H2,(H,24,27)(H,28,29)(H,23,25,30). The molecule has 1 aromatic carbocycles. The minimum Gasteiger partial charge on any atom is -0.480 e. The molecule has 0 bridgehead atoms. The molecule has 9 heteroatoms. The molecule has 1 fully saturated rings. The third-order valence-electron chi connectivity index (χ3n) is 5.57. The van der Waals surface area contributed by atoms with Gasteiger partial charge < -0.3 is 15.3 Å². The zero-order valence-electron chi connectivity index (χ0n) is 16.4. The molecule has 1 atom stereocenters. The second kappa shape index (κ2) is 8.48. The van der Waals surface area contributed by atoms with E-state index in [1.165, 1.54) is 28.4 Å². The number of anilines is 1. The highest BCUT2D eigenvalue weighted by molar-refractivity contribution is 6.01. The van der Waals surface area contributed by atoms with E-state index in [4.69, 9.17) is 0 Å². The van der Waals surface area contributed by atoms with E-state index in [2.05, 4.69) is 20.6 Å². The second-order valence-corrected chi connectivity index (χ2v) is 7.57. The van der Waals surface area contributed by atoms with Crippen LogP contribution in [0, 0.1) is 0 Å². The summed E-state index contributed by atoms with van der Waals surface area (Å²) in [6.07, 6.45) is 6.11. The molecule has 1 unspecified atom stereocenters. The molecule has 1 aromatic heterocycles. The predicted octanol–water partition coefficient (Wildman–Crippen LogP) is 1.84. The molecule has 0 spiro atoms. The van der Waals surface area contributed by atoms with Crippen molar-refractivity contribution in [1.29, 1.82) is 0 Å². The van der Waals surface area contributed by atoms with Gasteiger partial charge in [0, 0.05) is 25.0 Å². The Morgan fingerprint density at radius 2 is 1.73 bits per heavy atom. The summed E-state index contributed by atoms with van der Waals surface area (Å²) in [6.45, 7) is 0.338. The SMILES string of the molecule is O=C(NC1Cc2ccccc2C1)c1nccnc1NC(=O)N1CCCCC1C(=O)O. The van der Waals surface area contributed by atoms with E-state index in [0.717, 1.165) is 25.7 Å². The van der Waals surface area contributed by atoms with E-state index in [9.17, 15) is 19.5 Å². The van der Waals surface area contributed by atoms with Gasteiger partial charge >= 0.3 is 12.0 Å². The number of nitrogens with zero attached hydrogens (tertiary/aromatic N) is 3. The minimum atomic E-state index is -1.04. The highest BCUT2D eigenvalue weighted by atomic mass is 16.4. The molecular formula is C21H23N5O4. The van der Waals surface area contributed by atoms with Crippen molar-refractivity contribution in [2.75, 3.05) is 11.9 Å². The molecule has 0 radical (unpaired) electrons. The molecule has 9 nitrogen and oxygen atoms in total. The largest absolute Gasteiger partial charge is 0.480 e. The Morgan fingerprint density at radius 1 is 1.03 bits per heavy atom. The number of piperidine rings is 1. The molecule has 3 N–H and O–H groups in total. The molecule has 3 amide bonds. The van der Waals surface area contributed by atoms with Crippen LogP contribution >= 0.6 is 0 Å². The van der Waals surface area contributed by atoms with Gasteiger partial charge in [-0.3, -0.25) is 10.1 Å². The topological polar surface area (TPSA) is 125 Å². The zero-order chi connectivity index (χ0) is 21.1. The van der Waals surface area contributed by atoms with Crippen molar-refractivity contribution >= 4 is 23.7 Å². The van der Waals surface area contributed by atoms with Crippen LogP contribution in [0.5, 0.6) is 0 Å². The number of carboxylic acid groups (broad SMARTS) is 1. The number of benzene rings is 1. The first-order chi connectivity index (χ1) is 14.5. The lowest BCUT2D eigenvalue weighted by Crippen LogP contribution is -2.50. The molecule has 1 aliphatic heterocycles. The zero-order valence-corrected chi connectivity index (χ0v) is 16.4. The van der Waals surface area contributed by atoms with Crippen molar-refractivity contribution < 1.29 is 19.5 Å². The van der Waals surface area contributed by atoms with Crippen molar-refractivity contribution in [2.45, 2.75) is 44.2 Å². The second-order valence-electron chi connectivity index (χ2n) is 7.57. The number of likely N-dealkylation sites (tertiary alicyclic amines) is 1. The lowest BCUT2D eigenvalue weighted by Gasteiger charge is -2.32. The van der Waals surface area contributed by atoms with Crippen LogP contribution in [0.2, 0.25) is 0 Å². The number of carboxylic acids is 1. The summed E-state index contributed by atoms with van der Waals surface area (Å²) in [6, 6.07) is 6.52. The Balaban J connectivity index is 1.45. The fraction of sp³-hybridized carbons (Fsp3) is 0.381. The van der Waals surface area contributed by atoms with E-state index < -0.39 is 23.9 Å². The Labute approximate surface area is 173 Å². The van der Waals surface area contributed by atoms with E-state index in [1.54, 1.807) is 0 Å². The van der Waals surface area contributed by atoms with E-state index in [1.807, 2.05) is 24.3 Å². The van der Waals surface area contributed by atoms with Gasteiger partial charge in [0.1, 0.15) is 6.04 Å². The Kier molecular flexibility index (Phi) is 5.60. The van der Waals surface area contributed by atoms with Crippen LogP contribution in [0.4, 0.5) is 10.6 Å². The van der Waals surface area contributed by atoms with Gasteiger partial charge in [0.05, 0.1) is 0 Å². The monoisotopic (exact) mass is 409 g/mol. The van der Waals surface area contributed by atoms with Crippen molar-refractivity contribution in [3.8, 4) is 0 Å². The molecule has 1 aliphatic carbocycles. The first-order valence-corrected chi connectivity index (χ1v) is 10.0. The summed E-state index contributed by atoms with van der Waals surface area (Å²) < 4.78 is 0. The Hall–Kier alpha value is -3.49. The number of rotatable bonds is 4. The van der Waals surface area contributed by atoms with Gasteiger partial charge in [0.2, 0.25) is 0 Å². The highest BCUT2D eigenvalue weighted by Crippen LogP contribution is 2.23. The van der Waals surface area contributed by atoms with E-state index >= 15 is 0 Å². The first kappa shape index (κ1) is 19.8. The normalized spacial score (nSPS) is 18.5. The summed E-state index contributed by atoms with van der Waals surface area (Å²) in [7, 11) is 0. The van der Waals surface area contributed by atoms with Crippen LogP contribution < -0.4 is 10.6 Å². The lowest BCUT2D eigenvalue weighted by molar-refractivity contribution is -0.143. The van der Waals surface area contributed by atoms with Gasteiger partial charge in [-0.25, -0.2) is 19.6 Å². The van der Waals surface area contributed by atoms with Crippen LogP contribution in [0.3, 0.4) is 0 Å². The van der Waals surface area contributed by atoms with Crippen LogP contribution in [-0.4, -0.2) is 56.5 Å². The van der Waals surface area contributed by atoms with E-state index in [-0.39, 0.29) is 17.6 Å². The number of hydrogen-bond acceptors (Lipinski definition) is 5. The molecule has 2 aromatic rings. The highest BCUT2D eigenvalue weighted by Gasteiger charge is 2.33. The van der Waals surface area contributed by atoms with Gasteiger partial charge in [0.25, 0.3) is 5.91 Å². The summed E-state index contributed by atoms with van der Waals surface area (Å²) in [5, 5.41) is 14.9. The minimum absolute atomic E-state index is 0.00527. The van der Waals surface area contributed by atoms with Gasteiger partial charge in [0.15, 0.2) is 11.5 Å². The van der Waals surface area contributed by atoms with Crippen molar-refractivity contribution in [3.63, 3.8) is 0 Å². The number of nitrogens with one attached hydrogen (secondary N) is 2. The van der Waals surface area contributed by atoms with Gasteiger partial charge in [-0.05, 0) is 43.2 Å². The van der Waals surface area contributed by atoms with Crippen molar-refractivity contribution in [1.82, 2.24) is 20.2 Å². The smallest absolute Gasteiger partial charge is 0.326 e. The average Bonchev–Trinajstić information content (AvgIpc) is 3.16. The number of amides is 3.